The summed E-state index contributed by atoms with van der Waals surface area (Å²) in [7, 11) is 1.61. The van der Waals surface area contributed by atoms with E-state index in [1.54, 1.807) is 7.11 Å². The fourth-order valence-electron chi connectivity index (χ4n) is 3.94. The van der Waals surface area contributed by atoms with Crippen LogP contribution >= 0.6 is 0 Å². The molecule has 0 radical (unpaired) electrons. The number of benzene rings is 1. The molecule has 2 N–H and O–H groups in total. The number of nitrogens with one attached hydrogen (secondary N) is 2. The number of carbonyl (C=O) groups is 3. The molecule has 1 aromatic rings. The number of hydrogen-bond donors (Lipinski definition) is 2. The standard InChI is InChI=1S/C20H27N3O4/c1-27-16-9-5-4-8-15(16)10-13-21-17(24)14-23-18(25)20(22-19(23)26)11-6-2-3-7-12-20/h4-5,8-9H,2-3,6-7,10-14H2,1H3,(H,21,24)(H,22,26). The lowest BCUT2D eigenvalue weighted by Crippen LogP contribution is -2.47. The third-order valence-corrected chi connectivity index (χ3v) is 5.41. The zero-order valence-electron chi connectivity index (χ0n) is 15.8. The van der Waals surface area contributed by atoms with Gasteiger partial charge in [-0.05, 0) is 30.9 Å². The van der Waals surface area contributed by atoms with Crippen LogP contribution in [-0.4, -0.2) is 48.5 Å². The summed E-state index contributed by atoms with van der Waals surface area (Å²) in [5.41, 5.74) is 0.193. The van der Waals surface area contributed by atoms with Gasteiger partial charge < -0.3 is 15.4 Å². The van der Waals surface area contributed by atoms with Gasteiger partial charge in [0.25, 0.3) is 5.91 Å². The molecule has 146 valence electrons. The minimum atomic E-state index is -0.800. The number of amides is 4. The van der Waals surface area contributed by atoms with E-state index in [-0.39, 0.29) is 18.4 Å². The topological polar surface area (TPSA) is 87.7 Å². The van der Waals surface area contributed by atoms with Crippen molar-refractivity contribution in [3.8, 4) is 5.75 Å². The maximum absolute atomic E-state index is 12.8. The van der Waals surface area contributed by atoms with Gasteiger partial charge in [0.05, 0.1) is 7.11 Å². The summed E-state index contributed by atoms with van der Waals surface area (Å²) in [6, 6.07) is 7.16. The maximum Gasteiger partial charge on any atom is 0.325 e. The molecule has 1 saturated carbocycles. The second-order valence-corrected chi connectivity index (χ2v) is 7.23. The predicted molar refractivity (Wildman–Crippen MR) is 100 cm³/mol. The normalized spacial score (nSPS) is 18.9. The Morgan fingerprint density at radius 3 is 2.59 bits per heavy atom. The van der Waals surface area contributed by atoms with Gasteiger partial charge in [0.2, 0.25) is 5.91 Å². The summed E-state index contributed by atoms with van der Waals surface area (Å²) < 4.78 is 5.29. The summed E-state index contributed by atoms with van der Waals surface area (Å²) in [5, 5.41) is 5.64. The lowest BCUT2D eigenvalue weighted by Gasteiger charge is -2.24. The van der Waals surface area contributed by atoms with E-state index >= 15 is 0 Å². The Labute approximate surface area is 159 Å². The Hall–Kier alpha value is -2.57. The average Bonchev–Trinajstić information content (AvgIpc) is 2.84. The molecule has 1 aliphatic carbocycles. The molecule has 7 nitrogen and oxygen atoms in total. The highest BCUT2D eigenvalue weighted by molar-refractivity contribution is 6.09. The molecule has 1 aliphatic heterocycles. The Balaban J connectivity index is 1.53. The van der Waals surface area contributed by atoms with Crippen molar-refractivity contribution in [1.29, 1.82) is 0 Å². The van der Waals surface area contributed by atoms with Crippen molar-refractivity contribution in [3.05, 3.63) is 29.8 Å². The van der Waals surface area contributed by atoms with Crippen molar-refractivity contribution in [2.45, 2.75) is 50.5 Å². The fraction of sp³-hybridized carbons (Fsp3) is 0.550. The highest BCUT2D eigenvalue weighted by Crippen LogP contribution is 2.32. The first-order valence-corrected chi connectivity index (χ1v) is 9.58. The Morgan fingerprint density at radius 2 is 1.89 bits per heavy atom. The van der Waals surface area contributed by atoms with Gasteiger partial charge in [0.15, 0.2) is 0 Å². The van der Waals surface area contributed by atoms with Gasteiger partial charge in [0, 0.05) is 6.54 Å². The van der Waals surface area contributed by atoms with E-state index in [9.17, 15) is 14.4 Å². The van der Waals surface area contributed by atoms with Crippen LogP contribution < -0.4 is 15.4 Å². The van der Waals surface area contributed by atoms with Gasteiger partial charge in [0.1, 0.15) is 17.8 Å². The van der Waals surface area contributed by atoms with Crippen molar-refractivity contribution in [2.75, 3.05) is 20.2 Å². The summed E-state index contributed by atoms with van der Waals surface area (Å²) >= 11 is 0. The van der Waals surface area contributed by atoms with Crippen molar-refractivity contribution in [2.24, 2.45) is 0 Å². The van der Waals surface area contributed by atoms with Crippen molar-refractivity contribution >= 4 is 17.8 Å². The van der Waals surface area contributed by atoms with Crippen LogP contribution in [0.1, 0.15) is 44.1 Å². The number of imide groups is 1. The van der Waals surface area contributed by atoms with Crippen LogP contribution in [0.25, 0.3) is 0 Å². The summed E-state index contributed by atoms with van der Waals surface area (Å²) in [6.45, 7) is 0.173. The third-order valence-electron chi connectivity index (χ3n) is 5.41. The van der Waals surface area contributed by atoms with E-state index in [2.05, 4.69) is 10.6 Å². The number of hydrogen-bond acceptors (Lipinski definition) is 4. The van der Waals surface area contributed by atoms with E-state index < -0.39 is 11.6 Å². The minimum Gasteiger partial charge on any atom is -0.496 e. The van der Waals surface area contributed by atoms with E-state index in [4.69, 9.17) is 4.74 Å². The third kappa shape index (κ3) is 4.23. The number of carbonyl (C=O) groups excluding carboxylic acids is 3. The molecule has 0 unspecified atom stereocenters. The molecule has 1 aromatic carbocycles. The summed E-state index contributed by atoms with van der Waals surface area (Å²) in [6.07, 6.45) is 5.92. The second kappa shape index (κ2) is 8.41. The highest BCUT2D eigenvalue weighted by Gasteiger charge is 2.51. The van der Waals surface area contributed by atoms with Gasteiger partial charge in [-0.25, -0.2) is 4.79 Å². The Kier molecular flexibility index (Phi) is 5.98. The molecule has 2 fully saturated rings. The van der Waals surface area contributed by atoms with E-state index in [1.807, 2.05) is 24.3 Å². The van der Waals surface area contributed by atoms with Gasteiger partial charge >= 0.3 is 6.03 Å². The van der Waals surface area contributed by atoms with Crippen LogP contribution in [0, 0.1) is 0 Å². The first kappa shape index (κ1) is 19.2. The molecule has 1 heterocycles. The summed E-state index contributed by atoms with van der Waals surface area (Å²) in [4.78, 5) is 38.4. The first-order valence-electron chi connectivity index (χ1n) is 9.58. The number of rotatable bonds is 6. The number of nitrogens with zero attached hydrogens (tertiary/aromatic N) is 1. The molecule has 3 rings (SSSR count). The largest absolute Gasteiger partial charge is 0.496 e. The first-order chi connectivity index (χ1) is 13.1. The molecular weight excluding hydrogens is 346 g/mol. The fourth-order valence-corrected chi connectivity index (χ4v) is 3.94. The predicted octanol–water partition coefficient (Wildman–Crippen LogP) is 2.00. The molecule has 1 saturated heterocycles. The molecule has 2 aliphatic rings. The van der Waals surface area contributed by atoms with Crippen molar-refractivity contribution in [1.82, 2.24) is 15.5 Å². The zero-order valence-corrected chi connectivity index (χ0v) is 15.8. The van der Waals surface area contributed by atoms with Crippen LogP contribution in [-0.2, 0) is 16.0 Å². The van der Waals surface area contributed by atoms with Crippen LogP contribution in [0.15, 0.2) is 24.3 Å². The van der Waals surface area contributed by atoms with Crippen molar-refractivity contribution < 1.29 is 19.1 Å². The van der Waals surface area contributed by atoms with Gasteiger partial charge in [-0.1, -0.05) is 43.9 Å². The van der Waals surface area contributed by atoms with Gasteiger partial charge in [-0.15, -0.1) is 0 Å². The molecule has 0 bridgehead atoms. The molecule has 0 aromatic heterocycles. The minimum absolute atomic E-state index is 0.238. The number of ether oxygens (including phenoxy) is 1. The van der Waals surface area contributed by atoms with E-state index in [0.717, 1.165) is 41.9 Å². The average molecular weight is 373 g/mol. The molecule has 0 atom stereocenters. The van der Waals surface area contributed by atoms with Crippen LogP contribution in [0.5, 0.6) is 5.75 Å². The molecule has 7 heteroatoms. The number of methoxy groups -OCH3 is 1. The molecular formula is C20H27N3O4. The molecule has 1 spiro atoms. The monoisotopic (exact) mass is 373 g/mol. The van der Waals surface area contributed by atoms with Gasteiger partial charge in [-0.2, -0.15) is 0 Å². The van der Waals surface area contributed by atoms with Gasteiger partial charge in [-0.3, -0.25) is 14.5 Å². The second-order valence-electron chi connectivity index (χ2n) is 7.23. The zero-order chi connectivity index (χ0) is 19.3. The summed E-state index contributed by atoms with van der Waals surface area (Å²) in [5.74, 6) is 0.185. The highest BCUT2D eigenvalue weighted by atomic mass is 16.5. The van der Waals surface area contributed by atoms with E-state index in [0.29, 0.717) is 25.8 Å². The van der Waals surface area contributed by atoms with Crippen LogP contribution in [0.2, 0.25) is 0 Å². The van der Waals surface area contributed by atoms with Crippen molar-refractivity contribution in [3.63, 3.8) is 0 Å². The lowest BCUT2D eigenvalue weighted by molar-refractivity contribution is -0.135. The van der Waals surface area contributed by atoms with Crippen LogP contribution in [0.3, 0.4) is 0 Å². The SMILES string of the molecule is COc1ccccc1CCNC(=O)CN1C(=O)NC2(CCCCCC2)C1=O. The lowest BCUT2D eigenvalue weighted by atomic mass is 9.90. The maximum atomic E-state index is 12.8. The van der Waals surface area contributed by atoms with E-state index in [1.165, 1.54) is 0 Å². The number of para-hydroxylation sites is 1. The van der Waals surface area contributed by atoms with Crippen LogP contribution in [0.4, 0.5) is 4.79 Å². The smallest absolute Gasteiger partial charge is 0.325 e. The molecule has 27 heavy (non-hydrogen) atoms. The molecule has 4 amide bonds. The Bertz CT molecular complexity index is 711. The number of urea groups is 1. The quantitative estimate of drug-likeness (QED) is 0.747. The Morgan fingerprint density at radius 1 is 1.19 bits per heavy atom.